The van der Waals surface area contributed by atoms with Gasteiger partial charge in [-0.05, 0) is 99.5 Å². The molecule has 0 amide bonds. The molecule has 3 nitrogen and oxygen atoms in total. The summed E-state index contributed by atoms with van der Waals surface area (Å²) >= 11 is 0. The maximum absolute atomic E-state index is 11.1. The largest absolute Gasteiger partial charge is 0.390 e. The van der Waals surface area contributed by atoms with Crippen molar-refractivity contribution >= 4 is 0 Å². The fraction of sp³-hybridized carbons (Fsp3) is 0.900. The molecule has 4 rings (SSSR count). The summed E-state index contributed by atoms with van der Waals surface area (Å²) in [6.07, 6.45) is 12.6. The number of rotatable bonds is 2. The van der Waals surface area contributed by atoms with E-state index in [1.807, 2.05) is 0 Å². The molecule has 0 spiro atoms. The summed E-state index contributed by atoms with van der Waals surface area (Å²) in [5.74, 6) is 3.69. The van der Waals surface area contributed by atoms with Crippen LogP contribution in [0.3, 0.4) is 0 Å². The second kappa shape index (κ2) is 5.40. The molecule has 0 aliphatic heterocycles. The Bertz CT molecular complexity index is 526. The Morgan fingerprint density at radius 3 is 2.70 bits per heavy atom. The fourth-order valence-electron chi connectivity index (χ4n) is 7.42. The first-order valence-corrected chi connectivity index (χ1v) is 9.79. The molecule has 1 N–H and O–H groups in total. The molecule has 0 heterocycles. The van der Waals surface area contributed by atoms with Gasteiger partial charge in [0.25, 0.3) is 0 Å². The molecule has 0 aromatic heterocycles. The molecule has 4 aliphatic carbocycles. The van der Waals surface area contributed by atoms with Gasteiger partial charge in [-0.3, -0.25) is 0 Å². The topological polar surface area (TPSA) is 49.7 Å². The summed E-state index contributed by atoms with van der Waals surface area (Å²) < 4.78 is 0. The van der Waals surface area contributed by atoms with E-state index in [1.54, 1.807) is 0 Å². The van der Waals surface area contributed by atoms with E-state index in [9.17, 15) is 10.0 Å². The molecule has 3 heteroatoms. The number of nitroso groups, excluding NO2 is 1. The van der Waals surface area contributed by atoms with Crippen LogP contribution in [-0.4, -0.2) is 10.7 Å². The lowest BCUT2D eigenvalue weighted by Crippen LogP contribution is -2.53. The van der Waals surface area contributed by atoms with Gasteiger partial charge in [-0.25, -0.2) is 0 Å². The molecule has 0 bridgehead atoms. The third-order valence-electron chi connectivity index (χ3n) is 8.54. The third kappa shape index (κ3) is 2.11. The van der Waals surface area contributed by atoms with Gasteiger partial charge < -0.3 is 5.11 Å². The number of fused-ring (bicyclic) bond motifs is 5. The molecule has 3 saturated carbocycles. The van der Waals surface area contributed by atoms with E-state index in [4.69, 9.17) is 0 Å². The summed E-state index contributed by atoms with van der Waals surface area (Å²) in [5, 5.41) is 14.3. The molecule has 3 fully saturated rings. The highest BCUT2D eigenvalue weighted by Crippen LogP contribution is 2.66. The zero-order valence-corrected chi connectivity index (χ0v) is 14.6. The summed E-state index contributed by atoms with van der Waals surface area (Å²) in [5.41, 5.74) is 0.503. The minimum atomic E-state index is -0.463. The Kier molecular flexibility index (Phi) is 3.71. The van der Waals surface area contributed by atoms with E-state index >= 15 is 0 Å². The van der Waals surface area contributed by atoms with E-state index in [2.05, 4.69) is 25.1 Å². The molecular formula is C20H31NO2. The highest BCUT2D eigenvalue weighted by Gasteiger charge is 2.62. The minimum absolute atomic E-state index is 0.168. The van der Waals surface area contributed by atoms with Crippen LogP contribution in [0.15, 0.2) is 16.9 Å². The van der Waals surface area contributed by atoms with Crippen molar-refractivity contribution in [1.82, 2.24) is 0 Å². The first-order chi connectivity index (χ1) is 11.0. The number of allylic oxidation sites excluding steroid dienone is 2. The maximum Gasteiger partial charge on any atom is 0.0812 e. The van der Waals surface area contributed by atoms with E-state index in [0.29, 0.717) is 5.92 Å². The third-order valence-corrected chi connectivity index (χ3v) is 8.54. The normalized spacial score (nSPS) is 52.1. The van der Waals surface area contributed by atoms with Crippen molar-refractivity contribution < 1.29 is 5.11 Å². The smallest absolute Gasteiger partial charge is 0.0812 e. The van der Waals surface area contributed by atoms with Gasteiger partial charge in [-0.2, -0.15) is 0 Å². The zero-order valence-electron chi connectivity index (χ0n) is 14.6. The highest BCUT2D eigenvalue weighted by atomic mass is 16.3. The van der Waals surface area contributed by atoms with Crippen LogP contribution in [0, 0.1) is 39.9 Å². The van der Waals surface area contributed by atoms with E-state index in [-0.39, 0.29) is 5.41 Å². The van der Waals surface area contributed by atoms with Crippen LogP contribution in [0.25, 0.3) is 0 Å². The van der Waals surface area contributed by atoms with Crippen molar-refractivity contribution in [3.8, 4) is 0 Å². The van der Waals surface area contributed by atoms with E-state index in [1.165, 1.54) is 32.1 Å². The van der Waals surface area contributed by atoms with Gasteiger partial charge in [-0.1, -0.05) is 13.0 Å². The standard InChI is InChI=1S/C20H31NO2/c1-3-20-11-8-16-15-7-5-14(21-23)12-13(15)4-6-17(16)18(20)9-10-19(20,2)22/h12-13,15-18,22H,3-11H2,1-2H3. The Hall–Kier alpha value is -0.700. The molecular weight excluding hydrogens is 286 g/mol. The molecule has 0 aromatic carbocycles. The minimum Gasteiger partial charge on any atom is -0.390 e. The van der Waals surface area contributed by atoms with Crippen molar-refractivity contribution in [1.29, 1.82) is 0 Å². The molecule has 0 saturated heterocycles. The number of hydrogen-bond donors (Lipinski definition) is 1. The first kappa shape index (κ1) is 15.8. The van der Waals surface area contributed by atoms with Crippen molar-refractivity contribution in [2.75, 3.05) is 0 Å². The van der Waals surface area contributed by atoms with E-state index < -0.39 is 5.60 Å². The second-order valence-electron chi connectivity index (χ2n) is 8.99. The van der Waals surface area contributed by atoms with Crippen molar-refractivity contribution in [3.05, 3.63) is 16.7 Å². The number of nitrogens with zero attached hydrogens (tertiary/aromatic N) is 1. The molecule has 23 heavy (non-hydrogen) atoms. The van der Waals surface area contributed by atoms with Crippen LogP contribution >= 0.6 is 0 Å². The van der Waals surface area contributed by atoms with Crippen LogP contribution in [0.4, 0.5) is 0 Å². The molecule has 4 aliphatic rings. The molecule has 0 radical (unpaired) electrons. The van der Waals surface area contributed by atoms with Gasteiger partial charge in [0.2, 0.25) is 0 Å². The number of aliphatic hydroxyl groups is 1. The van der Waals surface area contributed by atoms with Crippen molar-refractivity contribution in [3.63, 3.8) is 0 Å². The maximum atomic E-state index is 11.1. The highest BCUT2D eigenvalue weighted by molar-refractivity contribution is 5.16. The van der Waals surface area contributed by atoms with Gasteiger partial charge >= 0.3 is 0 Å². The monoisotopic (exact) mass is 317 g/mol. The lowest BCUT2D eigenvalue weighted by Gasteiger charge is -2.57. The predicted molar refractivity (Wildman–Crippen MR) is 91.6 cm³/mol. The van der Waals surface area contributed by atoms with Gasteiger partial charge in [0.1, 0.15) is 0 Å². The lowest BCUT2D eigenvalue weighted by atomic mass is 9.49. The number of hydrogen-bond acceptors (Lipinski definition) is 3. The molecule has 7 unspecified atom stereocenters. The van der Waals surface area contributed by atoms with Crippen molar-refractivity contribution in [2.45, 2.75) is 77.2 Å². The Morgan fingerprint density at radius 2 is 1.96 bits per heavy atom. The summed E-state index contributed by atoms with van der Waals surface area (Å²) in [7, 11) is 0. The van der Waals surface area contributed by atoms with Crippen LogP contribution in [0.1, 0.15) is 71.6 Å². The van der Waals surface area contributed by atoms with E-state index in [0.717, 1.165) is 55.1 Å². The van der Waals surface area contributed by atoms with Crippen molar-refractivity contribution in [2.24, 2.45) is 40.2 Å². The lowest BCUT2D eigenvalue weighted by molar-refractivity contribution is -0.128. The summed E-state index contributed by atoms with van der Waals surface area (Å²) in [6, 6.07) is 0. The molecule has 128 valence electrons. The molecule has 7 atom stereocenters. The Labute approximate surface area is 139 Å². The SMILES string of the molecule is CCC12CCC3C4CCC(N=O)=CC4CCC3C1CCC2(C)O. The average molecular weight is 317 g/mol. The first-order valence-electron chi connectivity index (χ1n) is 9.79. The quantitative estimate of drug-likeness (QED) is 0.725. The Morgan fingerprint density at radius 1 is 1.13 bits per heavy atom. The van der Waals surface area contributed by atoms with Gasteiger partial charge in [0.15, 0.2) is 0 Å². The van der Waals surface area contributed by atoms with Crippen LogP contribution < -0.4 is 0 Å². The second-order valence-corrected chi connectivity index (χ2v) is 8.99. The Balaban J connectivity index is 1.61. The predicted octanol–water partition coefficient (Wildman–Crippen LogP) is 5.04. The fourth-order valence-corrected chi connectivity index (χ4v) is 7.42. The summed E-state index contributed by atoms with van der Waals surface area (Å²) in [4.78, 5) is 10.9. The van der Waals surface area contributed by atoms with Gasteiger partial charge in [-0.15, -0.1) is 4.91 Å². The van der Waals surface area contributed by atoms with Gasteiger partial charge in [0, 0.05) is 5.41 Å². The van der Waals surface area contributed by atoms with Crippen LogP contribution in [-0.2, 0) is 0 Å². The molecule has 0 aromatic rings. The zero-order chi connectivity index (χ0) is 16.2. The average Bonchev–Trinajstić information content (AvgIpc) is 2.85. The summed E-state index contributed by atoms with van der Waals surface area (Å²) in [6.45, 7) is 4.40. The van der Waals surface area contributed by atoms with Crippen LogP contribution in [0.5, 0.6) is 0 Å². The van der Waals surface area contributed by atoms with Gasteiger partial charge in [0.05, 0.1) is 11.3 Å². The van der Waals surface area contributed by atoms with Crippen LogP contribution in [0.2, 0.25) is 0 Å².